The number of rotatable bonds is 3. The lowest BCUT2D eigenvalue weighted by atomic mass is 9.86. The SMILES string of the molecule is Cc1nc(C(O)C[N+](=O)[O-])cc2c1OCC2(C)C. The predicted molar refractivity (Wildman–Crippen MR) is 64.3 cm³/mol. The fraction of sp³-hybridized carbons (Fsp3) is 0.583. The second kappa shape index (κ2) is 4.20. The molecule has 6 heteroatoms. The van der Waals surface area contributed by atoms with Crippen molar-refractivity contribution >= 4 is 0 Å². The van der Waals surface area contributed by atoms with E-state index in [0.717, 1.165) is 11.3 Å². The molecular formula is C12H16N2O4. The van der Waals surface area contributed by atoms with Crippen molar-refractivity contribution in [2.24, 2.45) is 0 Å². The zero-order valence-corrected chi connectivity index (χ0v) is 10.6. The smallest absolute Gasteiger partial charge is 0.235 e. The Kier molecular flexibility index (Phi) is 2.98. The number of aromatic nitrogens is 1. The van der Waals surface area contributed by atoms with Gasteiger partial charge in [-0.05, 0) is 13.0 Å². The van der Waals surface area contributed by atoms with Crippen LogP contribution in [0.5, 0.6) is 5.75 Å². The van der Waals surface area contributed by atoms with E-state index in [1.807, 2.05) is 13.8 Å². The minimum absolute atomic E-state index is 0.161. The van der Waals surface area contributed by atoms with Gasteiger partial charge in [0.25, 0.3) is 0 Å². The molecule has 1 N–H and O–H groups in total. The fourth-order valence-electron chi connectivity index (χ4n) is 2.11. The number of fused-ring (bicyclic) bond motifs is 1. The van der Waals surface area contributed by atoms with Crippen molar-refractivity contribution in [2.45, 2.75) is 32.3 Å². The van der Waals surface area contributed by atoms with Crippen LogP contribution in [-0.4, -0.2) is 28.2 Å². The Hall–Kier alpha value is -1.69. The molecule has 2 heterocycles. The number of hydrogen-bond donors (Lipinski definition) is 1. The van der Waals surface area contributed by atoms with Crippen molar-refractivity contribution < 1.29 is 14.8 Å². The van der Waals surface area contributed by atoms with Gasteiger partial charge in [0.1, 0.15) is 5.75 Å². The number of hydrogen-bond acceptors (Lipinski definition) is 5. The molecule has 0 spiro atoms. The largest absolute Gasteiger partial charge is 0.490 e. The van der Waals surface area contributed by atoms with Crippen LogP contribution in [0, 0.1) is 17.0 Å². The average molecular weight is 252 g/mol. The normalized spacial score (nSPS) is 18.0. The monoisotopic (exact) mass is 252 g/mol. The van der Waals surface area contributed by atoms with E-state index in [1.54, 1.807) is 13.0 Å². The topological polar surface area (TPSA) is 85.5 Å². The molecule has 1 aliphatic rings. The molecule has 6 nitrogen and oxygen atoms in total. The van der Waals surface area contributed by atoms with E-state index in [-0.39, 0.29) is 5.41 Å². The van der Waals surface area contributed by atoms with Gasteiger partial charge in [0.15, 0.2) is 6.10 Å². The lowest BCUT2D eigenvalue weighted by Crippen LogP contribution is -2.19. The second-order valence-corrected chi connectivity index (χ2v) is 5.21. The summed E-state index contributed by atoms with van der Waals surface area (Å²) < 4.78 is 5.58. The summed E-state index contributed by atoms with van der Waals surface area (Å²) in [5.74, 6) is 0.733. The van der Waals surface area contributed by atoms with E-state index in [9.17, 15) is 15.2 Å². The lowest BCUT2D eigenvalue weighted by Gasteiger charge is -2.16. The highest BCUT2D eigenvalue weighted by Gasteiger charge is 2.34. The summed E-state index contributed by atoms with van der Waals surface area (Å²) in [5, 5.41) is 20.2. The summed E-state index contributed by atoms with van der Waals surface area (Å²) in [6, 6.07) is 1.71. The number of ether oxygens (including phenoxy) is 1. The van der Waals surface area contributed by atoms with Gasteiger partial charge in [-0.3, -0.25) is 15.1 Å². The van der Waals surface area contributed by atoms with Gasteiger partial charge < -0.3 is 9.84 Å². The van der Waals surface area contributed by atoms with E-state index in [2.05, 4.69) is 4.98 Å². The van der Waals surface area contributed by atoms with Gasteiger partial charge in [-0.1, -0.05) is 13.8 Å². The zero-order valence-electron chi connectivity index (χ0n) is 10.6. The Labute approximate surface area is 105 Å². The Balaban J connectivity index is 2.41. The van der Waals surface area contributed by atoms with Gasteiger partial charge in [-0.25, -0.2) is 0 Å². The third-order valence-electron chi connectivity index (χ3n) is 3.13. The summed E-state index contributed by atoms with van der Waals surface area (Å²) in [5.41, 5.74) is 1.79. The summed E-state index contributed by atoms with van der Waals surface area (Å²) >= 11 is 0. The number of nitro groups is 1. The lowest BCUT2D eigenvalue weighted by molar-refractivity contribution is -0.491. The Morgan fingerprint density at radius 3 is 2.94 bits per heavy atom. The minimum Gasteiger partial charge on any atom is -0.490 e. The number of aryl methyl sites for hydroxylation is 1. The maximum atomic E-state index is 10.4. The molecule has 0 amide bonds. The number of aliphatic hydroxyl groups is 1. The first-order valence-corrected chi connectivity index (χ1v) is 5.76. The van der Waals surface area contributed by atoms with Gasteiger partial charge in [-0.15, -0.1) is 0 Å². The van der Waals surface area contributed by atoms with Crippen molar-refractivity contribution in [2.75, 3.05) is 13.2 Å². The highest BCUT2D eigenvalue weighted by Crippen LogP contribution is 2.40. The van der Waals surface area contributed by atoms with E-state index < -0.39 is 17.6 Å². The first kappa shape index (κ1) is 12.8. The van der Waals surface area contributed by atoms with E-state index >= 15 is 0 Å². The van der Waals surface area contributed by atoms with Crippen molar-refractivity contribution in [3.05, 3.63) is 33.1 Å². The van der Waals surface area contributed by atoms with Crippen LogP contribution in [0.2, 0.25) is 0 Å². The van der Waals surface area contributed by atoms with Gasteiger partial charge in [0.05, 0.1) is 18.0 Å². The molecule has 0 fully saturated rings. The molecular weight excluding hydrogens is 236 g/mol. The first-order valence-electron chi connectivity index (χ1n) is 5.76. The van der Waals surface area contributed by atoms with Crippen LogP contribution in [0.1, 0.15) is 36.9 Å². The molecule has 0 radical (unpaired) electrons. The van der Waals surface area contributed by atoms with E-state index in [4.69, 9.17) is 4.74 Å². The van der Waals surface area contributed by atoms with Gasteiger partial charge >= 0.3 is 0 Å². The maximum absolute atomic E-state index is 10.4. The van der Waals surface area contributed by atoms with Crippen LogP contribution in [-0.2, 0) is 5.41 Å². The van der Waals surface area contributed by atoms with Gasteiger partial charge in [-0.2, -0.15) is 0 Å². The highest BCUT2D eigenvalue weighted by atomic mass is 16.6. The summed E-state index contributed by atoms with van der Waals surface area (Å²) in [6.45, 7) is 5.86. The standard InChI is InChI=1S/C12H16N2O4/c1-7-11-8(12(2,3)6-18-11)4-9(13-7)10(15)5-14(16)17/h4,10,15H,5-6H2,1-3H3. The summed E-state index contributed by atoms with van der Waals surface area (Å²) in [4.78, 5) is 14.1. The minimum atomic E-state index is -1.18. The summed E-state index contributed by atoms with van der Waals surface area (Å²) in [6.07, 6.45) is -1.18. The number of aliphatic hydroxyl groups excluding tert-OH is 1. The second-order valence-electron chi connectivity index (χ2n) is 5.21. The van der Waals surface area contributed by atoms with Gasteiger partial charge in [0.2, 0.25) is 6.54 Å². The maximum Gasteiger partial charge on any atom is 0.235 e. The first-order chi connectivity index (χ1) is 8.31. The van der Waals surface area contributed by atoms with Gasteiger partial charge in [0, 0.05) is 15.9 Å². The van der Waals surface area contributed by atoms with Crippen molar-refractivity contribution in [1.82, 2.24) is 4.98 Å². The van der Waals surface area contributed by atoms with E-state index in [1.165, 1.54) is 0 Å². The molecule has 0 saturated heterocycles. The van der Waals surface area contributed by atoms with Crippen molar-refractivity contribution in [1.29, 1.82) is 0 Å². The molecule has 1 unspecified atom stereocenters. The molecule has 18 heavy (non-hydrogen) atoms. The molecule has 0 saturated carbocycles. The predicted octanol–water partition coefficient (Wildman–Crippen LogP) is 1.37. The van der Waals surface area contributed by atoms with Crippen LogP contribution < -0.4 is 4.74 Å². The molecule has 0 aromatic carbocycles. The van der Waals surface area contributed by atoms with Crippen LogP contribution in [0.15, 0.2) is 6.07 Å². The number of nitrogens with zero attached hydrogens (tertiary/aromatic N) is 2. The Bertz CT molecular complexity index is 499. The molecule has 98 valence electrons. The van der Waals surface area contributed by atoms with Crippen LogP contribution in [0.3, 0.4) is 0 Å². The molecule has 0 bridgehead atoms. The third kappa shape index (κ3) is 2.15. The van der Waals surface area contributed by atoms with Crippen LogP contribution in [0.4, 0.5) is 0 Å². The Morgan fingerprint density at radius 2 is 2.33 bits per heavy atom. The van der Waals surface area contributed by atoms with Crippen LogP contribution in [0.25, 0.3) is 0 Å². The van der Waals surface area contributed by atoms with E-state index in [0.29, 0.717) is 18.0 Å². The fourth-order valence-corrected chi connectivity index (χ4v) is 2.11. The Morgan fingerprint density at radius 1 is 1.67 bits per heavy atom. The third-order valence-corrected chi connectivity index (χ3v) is 3.13. The van der Waals surface area contributed by atoms with Crippen molar-refractivity contribution in [3.63, 3.8) is 0 Å². The average Bonchev–Trinajstić information content (AvgIpc) is 2.54. The molecule has 1 aliphatic heterocycles. The summed E-state index contributed by atoms with van der Waals surface area (Å²) in [7, 11) is 0. The molecule has 0 aliphatic carbocycles. The molecule has 1 aromatic heterocycles. The van der Waals surface area contributed by atoms with Crippen LogP contribution >= 0.6 is 0 Å². The molecule has 1 aromatic rings. The number of pyridine rings is 1. The highest BCUT2D eigenvalue weighted by molar-refractivity contribution is 5.46. The van der Waals surface area contributed by atoms with Crippen molar-refractivity contribution in [3.8, 4) is 5.75 Å². The molecule has 2 rings (SSSR count). The zero-order chi connectivity index (χ0) is 13.5. The molecule has 1 atom stereocenters. The quantitative estimate of drug-likeness (QED) is 0.648.